The first-order chi connectivity index (χ1) is 17.9. The lowest BCUT2D eigenvalue weighted by atomic mass is 10.1. The Morgan fingerprint density at radius 3 is 2.68 bits per heavy atom. The molecule has 12 heteroatoms. The Morgan fingerprint density at radius 2 is 2.00 bits per heavy atom. The van der Waals surface area contributed by atoms with E-state index in [0.717, 1.165) is 11.3 Å². The summed E-state index contributed by atoms with van der Waals surface area (Å²) in [5.74, 6) is -0.162. The van der Waals surface area contributed by atoms with Crippen LogP contribution in [0.15, 0.2) is 88.3 Å². The van der Waals surface area contributed by atoms with Crippen LogP contribution < -0.4 is 15.2 Å². The fourth-order valence-electron chi connectivity index (χ4n) is 3.30. The average molecular weight is 535 g/mol. The molecule has 0 bridgehead atoms. The Morgan fingerprint density at radius 1 is 1.22 bits per heavy atom. The number of hydrogen-bond donors (Lipinski definition) is 2. The molecule has 3 N–H and O–H groups in total. The first-order valence-corrected chi connectivity index (χ1v) is 13.0. The summed E-state index contributed by atoms with van der Waals surface area (Å²) in [6, 6.07) is 15.1. The van der Waals surface area contributed by atoms with Gasteiger partial charge in [0, 0.05) is 24.2 Å². The van der Waals surface area contributed by atoms with Crippen LogP contribution in [0.2, 0.25) is 0 Å². The lowest BCUT2D eigenvalue weighted by Gasteiger charge is -2.14. The summed E-state index contributed by atoms with van der Waals surface area (Å²) in [5, 5.41) is 11.5. The Bertz CT molecular complexity index is 1650. The molecular weight excluding hydrogens is 515 g/mol. The SMILES string of the molecule is CN=C(C=CN)c1nc(-c2ccccc2F)ccc1Oc1ccc(S(=O)(=O)Nc2nccs2)cc1C#N. The zero-order chi connectivity index (χ0) is 26.4. The molecule has 2 aromatic carbocycles. The Labute approximate surface area is 216 Å². The van der Waals surface area contributed by atoms with Gasteiger partial charge < -0.3 is 10.5 Å². The van der Waals surface area contributed by atoms with E-state index in [9.17, 15) is 18.1 Å². The normalized spacial score (nSPS) is 11.9. The minimum absolute atomic E-state index is 0.0319. The van der Waals surface area contributed by atoms with Crippen molar-refractivity contribution in [2.24, 2.45) is 10.7 Å². The van der Waals surface area contributed by atoms with Gasteiger partial charge in [-0.2, -0.15) is 5.26 Å². The highest BCUT2D eigenvalue weighted by Crippen LogP contribution is 2.32. The third kappa shape index (κ3) is 5.64. The second-order valence-corrected chi connectivity index (χ2v) is 9.88. The molecule has 0 amide bonds. The first-order valence-electron chi connectivity index (χ1n) is 10.6. The summed E-state index contributed by atoms with van der Waals surface area (Å²) < 4.78 is 48.2. The van der Waals surface area contributed by atoms with Gasteiger partial charge in [0.15, 0.2) is 10.9 Å². The summed E-state index contributed by atoms with van der Waals surface area (Å²) in [5.41, 5.74) is 6.75. The maximum Gasteiger partial charge on any atom is 0.263 e. The summed E-state index contributed by atoms with van der Waals surface area (Å²) in [7, 11) is -2.44. The Hall–Kier alpha value is -4.60. The molecule has 0 spiro atoms. The van der Waals surface area contributed by atoms with Gasteiger partial charge in [0.2, 0.25) is 0 Å². The standard InChI is InChI=1S/C25H19FN6O3S2/c1-29-21(10-11-27)24-23(9-7-20(31-24)18-4-2-3-5-19(18)26)35-22-8-6-17(14-16(22)15-28)37(33,34)32-25-30-12-13-36-25/h2-14H,27H2,1H3,(H,30,32). The topological polar surface area (TPSA) is 143 Å². The smallest absolute Gasteiger partial charge is 0.263 e. The van der Waals surface area contributed by atoms with Crippen LogP contribution in [0.5, 0.6) is 11.5 Å². The monoisotopic (exact) mass is 534 g/mol. The molecule has 0 aliphatic rings. The van der Waals surface area contributed by atoms with Gasteiger partial charge in [-0.25, -0.2) is 22.8 Å². The van der Waals surface area contributed by atoms with Crippen LogP contribution in [0, 0.1) is 17.1 Å². The third-order valence-corrected chi connectivity index (χ3v) is 7.16. The van der Waals surface area contributed by atoms with Crippen molar-refractivity contribution in [1.82, 2.24) is 9.97 Å². The molecular formula is C25H19FN6O3S2. The fraction of sp³-hybridized carbons (Fsp3) is 0.0400. The number of hydrogen-bond acceptors (Lipinski definition) is 9. The van der Waals surface area contributed by atoms with Crippen LogP contribution >= 0.6 is 11.3 Å². The first kappa shape index (κ1) is 25.5. The lowest BCUT2D eigenvalue weighted by Crippen LogP contribution is -2.13. The number of anilines is 1. The van der Waals surface area contributed by atoms with Gasteiger partial charge in [-0.3, -0.25) is 9.71 Å². The number of allylic oxidation sites excluding steroid dienone is 1. The van der Waals surface area contributed by atoms with Crippen molar-refractivity contribution in [2.75, 3.05) is 11.8 Å². The molecule has 37 heavy (non-hydrogen) atoms. The summed E-state index contributed by atoms with van der Waals surface area (Å²) in [6.45, 7) is 0. The quantitative estimate of drug-likeness (QED) is 0.312. The Balaban J connectivity index is 1.74. The van der Waals surface area contributed by atoms with E-state index in [0.29, 0.717) is 11.4 Å². The van der Waals surface area contributed by atoms with Gasteiger partial charge in [0.25, 0.3) is 10.0 Å². The number of nitrogens with two attached hydrogens (primary N) is 1. The molecule has 9 nitrogen and oxygen atoms in total. The predicted octanol–water partition coefficient (Wildman–Crippen LogP) is 4.70. The number of nitrogens with one attached hydrogen (secondary N) is 1. The van der Waals surface area contributed by atoms with E-state index in [1.165, 1.54) is 49.8 Å². The Kier molecular flexibility index (Phi) is 7.57. The molecule has 2 heterocycles. The molecule has 0 radical (unpaired) electrons. The van der Waals surface area contributed by atoms with E-state index in [-0.39, 0.29) is 38.3 Å². The highest BCUT2D eigenvalue weighted by molar-refractivity contribution is 7.93. The number of aromatic nitrogens is 2. The zero-order valence-corrected chi connectivity index (χ0v) is 20.9. The number of sulfonamides is 1. The summed E-state index contributed by atoms with van der Waals surface area (Å²) in [6.07, 6.45) is 4.25. The molecule has 0 atom stereocenters. The number of halogens is 1. The minimum atomic E-state index is -3.98. The molecule has 0 aliphatic carbocycles. The number of aliphatic imine (C=N–C) groups is 1. The van der Waals surface area contributed by atoms with Crippen LogP contribution in [0.25, 0.3) is 11.3 Å². The number of benzene rings is 2. The van der Waals surface area contributed by atoms with Crippen molar-refractivity contribution in [3.8, 4) is 28.8 Å². The molecule has 0 unspecified atom stereocenters. The van der Waals surface area contributed by atoms with Crippen molar-refractivity contribution in [2.45, 2.75) is 4.90 Å². The van der Waals surface area contributed by atoms with Crippen molar-refractivity contribution >= 4 is 32.2 Å². The van der Waals surface area contributed by atoms with E-state index < -0.39 is 15.8 Å². The highest BCUT2D eigenvalue weighted by atomic mass is 32.2. The van der Waals surface area contributed by atoms with Crippen molar-refractivity contribution in [3.05, 3.63) is 95.5 Å². The van der Waals surface area contributed by atoms with Gasteiger partial charge in [-0.1, -0.05) is 12.1 Å². The predicted molar refractivity (Wildman–Crippen MR) is 140 cm³/mol. The number of nitriles is 1. The van der Waals surface area contributed by atoms with E-state index in [4.69, 9.17) is 10.5 Å². The maximum atomic E-state index is 14.4. The highest BCUT2D eigenvalue weighted by Gasteiger charge is 2.20. The maximum absolute atomic E-state index is 14.4. The average Bonchev–Trinajstić information content (AvgIpc) is 3.40. The van der Waals surface area contributed by atoms with E-state index in [1.54, 1.807) is 35.7 Å². The summed E-state index contributed by atoms with van der Waals surface area (Å²) >= 11 is 1.12. The van der Waals surface area contributed by atoms with Gasteiger partial charge >= 0.3 is 0 Å². The van der Waals surface area contributed by atoms with Crippen LogP contribution in [-0.4, -0.2) is 31.1 Å². The van der Waals surface area contributed by atoms with Crippen molar-refractivity contribution in [3.63, 3.8) is 0 Å². The molecule has 186 valence electrons. The fourth-order valence-corrected chi connectivity index (χ4v) is 5.12. The van der Waals surface area contributed by atoms with Gasteiger partial charge in [-0.05, 0) is 54.7 Å². The summed E-state index contributed by atoms with van der Waals surface area (Å²) in [4.78, 5) is 12.5. The number of ether oxygens (including phenoxy) is 1. The van der Waals surface area contributed by atoms with Gasteiger partial charge in [0.1, 0.15) is 23.3 Å². The number of rotatable bonds is 8. The van der Waals surface area contributed by atoms with Crippen LogP contribution in [-0.2, 0) is 10.0 Å². The molecule has 4 rings (SSSR count). The largest absolute Gasteiger partial charge is 0.454 e. The lowest BCUT2D eigenvalue weighted by molar-refractivity contribution is 0.477. The number of nitrogens with zero attached hydrogens (tertiary/aromatic N) is 4. The molecule has 0 saturated heterocycles. The third-order valence-electron chi connectivity index (χ3n) is 5.00. The van der Waals surface area contributed by atoms with Crippen molar-refractivity contribution in [1.29, 1.82) is 5.26 Å². The number of pyridine rings is 1. The molecule has 0 saturated carbocycles. The van der Waals surface area contributed by atoms with E-state index in [2.05, 4.69) is 19.7 Å². The van der Waals surface area contributed by atoms with Gasteiger partial charge in [0.05, 0.1) is 21.9 Å². The second kappa shape index (κ2) is 11.0. The molecule has 0 aliphatic heterocycles. The van der Waals surface area contributed by atoms with Crippen LogP contribution in [0.3, 0.4) is 0 Å². The molecule has 4 aromatic rings. The van der Waals surface area contributed by atoms with E-state index >= 15 is 0 Å². The zero-order valence-electron chi connectivity index (χ0n) is 19.3. The van der Waals surface area contributed by atoms with Crippen molar-refractivity contribution < 1.29 is 17.5 Å². The van der Waals surface area contributed by atoms with E-state index in [1.807, 2.05) is 6.07 Å². The van der Waals surface area contributed by atoms with Crippen LogP contribution in [0.1, 0.15) is 11.3 Å². The second-order valence-electron chi connectivity index (χ2n) is 7.31. The van der Waals surface area contributed by atoms with Crippen LogP contribution in [0.4, 0.5) is 9.52 Å². The minimum Gasteiger partial charge on any atom is -0.454 e. The molecule has 2 aromatic heterocycles. The molecule has 0 fully saturated rings. The number of thiazole rings is 1. The van der Waals surface area contributed by atoms with Gasteiger partial charge in [-0.15, -0.1) is 11.3 Å².